The van der Waals surface area contributed by atoms with E-state index in [-0.39, 0.29) is 5.56 Å². The molecule has 1 aromatic carbocycles. The third-order valence-electron chi connectivity index (χ3n) is 4.44. The summed E-state index contributed by atoms with van der Waals surface area (Å²) < 4.78 is 40.0. The number of carbonyl (C=O) groups excluding carboxylic acids is 1. The number of aromatic nitrogens is 1. The highest BCUT2D eigenvalue weighted by atomic mass is 19.4. The number of carbonyl (C=O) groups is 1. The third-order valence-corrected chi connectivity index (χ3v) is 4.44. The lowest BCUT2D eigenvalue weighted by molar-refractivity contribution is -0.164. The predicted octanol–water partition coefficient (Wildman–Crippen LogP) is 4.09. The van der Waals surface area contributed by atoms with E-state index in [4.69, 9.17) is 0 Å². The fourth-order valence-electron chi connectivity index (χ4n) is 3.29. The van der Waals surface area contributed by atoms with Gasteiger partial charge in [0.15, 0.2) is 0 Å². The number of halogens is 3. The molecule has 0 bridgehead atoms. The number of benzene rings is 1. The Bertz CT molecular complexity index is 703. The van der Waals surface area contributed by atoms with Crippen molar-refractivity contribution in [3.05, 3.63) is 42.2 Å². The fraction of sp³-hybridized carbons (Fsp3) is 0.412. The molecule has 1 heterocycles. The van der Waals surface area contributed by atoms with Gasteiger partial charge in [0.25, 0.3) is 5.91 Å². The zero-order valence-corrected chi connectivity index (χ0v) is 12.4. The first-order valence-electron chi connectivity index (χ1n) is 7.67. The van der Waals surface area contributed by atoms with Crippen molar-refractivity contribution >= 4 is 16.7 Å². The van der Waals surface area contributed by atoms with Crippen molar-refractivity contribution in [3.8, 4) is 0 Å². The smallest absolute Gasteiger partial charge is 0.340 e. The number of pyridine rings is 1. The summed E-state index contributed by atoms with van der Waals surface area (Å²) in [5.74, 6) is -1.23. The summed E-state index contributed by atoms with van der Waals surface area (Å²) in [6.07, 6.45) is 1.22. The molecule has 1 aliphatic carbocycles. The Balaban J connectivity index is 1.89. The fourth-order valence-corrected chi connectivity index (χ4v) is 3.29. The molecular formula is C17H17F3N2O. The molecule has 1 aromatic heterocycles. The van der Waals surface area contributed by atoms with Crippen LogP contribution < -0.4 is 5.32 Å². The molecule has 1 amide bonds. The number of amides is 1. The molecule has 6 heteroatoms. The highest BCUT2D eigenvalue weighted by molar-refractivity contribution is 6.06. The molecule has 0 radical (unpaired) electrons. The summed E-state index contributed by atoms with van der Waals surface area (Å²) in [5, 5.41) is 3.55. The number of nitrogens with zero attached hydrogens (tertiary/aromatic N) is 1. The van der Waals surface area contributed by atoms with Crippen LogP contribution in [0.15, 0.2) is 36.7 Å². The van der Waals surface area contributed by atoms with Crippen molar-refractivity contribution in [1.29, 1.82) is 0 Å². The molecule has 1 fully saturated rings. The highest BCUT2D eigenvalue weighted by Gasteiger charge is 2.46. The molecule has 1 saturated carbocycles. The molecule has 3 nitrogen and oxygen atoms in total. The zero-order chi connectivity index (χ0) is 16.4. The van der Waals surface area contributed by atoms with Crippen LogP contribution in [-0.4, -0.2) is 23.1 Å². The first-order valence-corrected chi connectivity index (χ1v) is 7.67. The second-order valence-corrected chi connectivity index (χ2v) is 5.94. The Hall–Kier alpha value is -2.11. The Morgan fingerprint density at radius 3 is 2.65 bits per heavy atom. The van der Waals surface area contributed by atoms with Gasteiger partial charge in [0.2, 0.25) is 0 Å². The second kappa shape index (κ2) is 6.18. The van der Waals surface area contributed by atoms with Crippen LogP contribution in [0.25, 0.3) is 10.8 Å². The Labute approximate surface area is 131 Å². The van der Waals surface area contributed by atoms with Crippen LogP contribution in [0.5, 0.6) is 0 Å². The minimum absolute atomic E-state index is 0.225. The predicted molar refractivity (Wildman–Crippen MR) is 81.0 cm³/mol. The van der Waals surface area contributed by atoms with Crippen LogP contribution in [-0.2, 0) is 0 Å². The number of alkyl halides is 3. The van der Waals surface area contributed by atoms with Crippen LogP contribution in [0.2, 0.25) is 0 Å². The van der Waals surface area contributed by atoms with Crippen molar-refractivity contribution < 1.29 is 18.0 Å². The van der Waals surface area contributed by atoms with E-state index in [2.05, 4.69) is 10.3 Å². The van der Waals surface area contributed by atoms with Crippen LogP contribution in [0.1, 0.15) is 36.0 Å². The molecule has 1 unspecified atom stereocenters. The van der Waals surface area contributed by atoms with Gasteiger partial charge in [-0.05, 0) is 36.3 Å². The molecule has 23 heavy (non-hydrogen) atoms. The van der Waals surface area contributed by atoms with Gasteiger partial charge < -0.3 is 5.32 Å². The average Bonchev–Trinajstić information content (AvgIpc) is 3.04. The summed E-state index contributed by atoms with van der Waals surface area (Å²) in [6, 6.07) is 4.93. The lowest BCUT2D eigenvalue weighted by Crippen LogP contribution is -2.49. The van der Waals surface area contributed by atoms with Gasteiger partial charge in [-0.3, -0.25) is 9.78 Å². The van der Waals surface area contributed by atoms with E-state index in [0.717, 1.165) is 18.2 Å². The van der Waals surface area contributed by atoms with Gasteiger partial charge in [0.1, 0.15) is 6.04 Å². The van der Waals surface area contributed by atoms with Crippen molar-refractivity contribution in [3.63, 3.8) is 0 Å². The molecule has 3 rings (SSSR count). The Kier molecular flexibility index (Phi) is 4.24. The summed E-state index contributed by atoms with van der Waals surface area (Å²) >= 11 is 0. The van der Waals surface area contributed by atoms with Gasteiger partial charge in [0, 0.05) is 23.3 Å². The minimum atomic E-state index is -4.44. The molecule has 1 N–H and O–H groups in total. The largest absolute Gasteiger partial charge is 0.408 e. The molecule has 1 aliphatic rings. The maximum absolute atomic E-state index is 13.3. The SMILES string of the molecule is O=C(NC(C1CCCC1)C(F)(F)F)c1cccc2ccncc12. The van der Waals surface area contributed by atoms with E-state index in [1.54, 1.807) is 24.4 Å². The first-order chi connectivity index (χ1) is 11.0. The molecular weight excluding hydrogens is 305 g/mol. The molecule has 0 spiro atoms. The lowest BCUT2D eigenvalue weighted by atomic mass is 9.96. The van der Waals surface area contributed by atoms with E-state index in [9.17, 15) is 18.0 Å². The topological polar surface area (TPSA) is 42.0 Å². The van der Waals surface area contributed by atoms with Gasteiger partial charge in [-0.25, -0.2) is 0 Å². The zero-order valence-electron chi connectivity index (χ0n) is 12.4. The number of hydrogen-bond donors (Lipinski definition) is 1. The van der Waals surface area contributed by atoms with Gasteiger partial charge in [0.05, 0.1) is 0 Å². The molecule has 1 atom stereocenters. The van der Waals surface area contributed by atoms with Crippen molar-refractivity contribution in [2.24, 2.45) is 5.92 Å². The van der Waals surface area contributed by atoms with Crippen molar-refractivity contribution in [2.45, 2.75) is 37.9 Å². The Morgan fingerprint density at radius 2 is 1.96 bits per heavy atom. The van der Waals surface area contributed by atoms with E-state index >= 15 is 0 Å². The average molecular weight is 322 g/mol. The van der Waals surface area contributed by atoms with Gasteiger partial charge in [-0.15, -0.1) is 0 Å². The molecule has 0 saturated heterocycles. The number of fused-ring (bicyclic) bond motifs is 1. The summed E-state index contributed by atoms with van der Waals surface area (Å²) in [6.45, 7) is 0. The van der Waals surface area contributed by atoms with E-state index < -0.39 is 24.0 Å². The van der Waals surface area contributed by atoms with Gasteiger partial charge in [-0.2, -0.15) is 13.2 Å². The van der Waals surface area contributed by atoms with Crippen LogP contribution >= 0.6 is 0 Å². The van der Waals surface area contributed by atoms with Crippen LogP contribution in [0, 0.1) is 5.92 Å². The molecule has 2 aromatic rings. The minimum Gasteiger partial charge on any atom is -0.340 e. The number of rotatable bonds is 3. The lowest BCUT2D eigenvalue weighted by Gasteiger charge is -2.27. The van der Waals surface area contributed by atoms with Crippen molar-refractivity contribution in [1.82, 2.24) is 10.3 Å². The summed E-state index contributed by atoms with van der Waals surface area (Å²) in [5.41, 5.74) is 0.225. The van der Waals surface area contributed by atoms with E-state index in [1.165, 1.54) is 12.3 Å². The van der Waals surface area contributed by atoms with Crippen molar-refractivity contribution in [2.75, 3.05) is 0 Å². The molecule has 122 valence electrons. The first kappa shape index (κ1) is 15.8. The summed E-state index contributed by atoms with van der Waals surface area (Å²) in [7, 11) is 0. The van der Waals surface area contributed by atoms with Crippen LogP contribution in [0.3, 0.4) is 0 Å². The standard InChI is InChI=1S/C17H17F3N2O/c18-17(19,20)15(12-4-1-2-5-12)22-16(23)13-7-3-6-11-8-9-21-10-14(11)13/h3,6-10,12,15H,1-2,4-5H2,(H,22,23). The maximum Gasteiger partial charge on any atom is 0.408 e. The Morgan fingerprint density at radius 1 is 1.22 bits per heavy atom. The summed E-state index contributed by atoms with van der Waals surface area (Å²) in [4.78, 5) is 16.4. The van der Waals surface area contributed by atoms with E-state index in [1.807, 2.05) is 0 Å². The highest BCUT2D eigenvalue weighted by Crippen LogP contribution is 2.36. The second-order valence-electron chi connectivity index (χ2n) is 5.94. The normalized spacial score (nSPS) is 17.3. The van der Waals surface area contributed by atoms with Crippen LogP contribution in [0.4, 0.5) is 13.2 Å². The quantitative estimate of drug-likeness (QED) is 0.925. The number of hydrogen-bond acceptors (Lipinski definition) is 2. The third kappa shape index (κ3) is 3.30. The number of nitrogens with one attached hydrogen (secondary N) is 1. The molecule has 0 aliphatic heterocycles. The van der Waals surface area contributed by atoms with Gasteiger partial charge >= 0.3 is 6.18 Å². The van der Waals surface area contributed by atoms with Gasteiger partial charge in [-0.1, -0.05) is 25.0 Å². The monoisotopic (exact) mass is 322 g/mol. The van der Waals surface area contributed by atoms with E-state index in [0.29, 0.717) is 18.2 Å². The maximum atomic E-state index is 13.3.